The molecule has 70 valence electrons. The molecule has 1 aromatic rings. The third kappa shape index (κ3) is 2.28. The molecule has 0 heterocycles. The summed E-state index contributed by atoms with van der Waals surface area (Å²) in [5, 5.41) is 10.7. The summed E-state index contributed by atoms with van der Waals surface area (Å²) in [5.41, 5.74) is 0.851. The van der Waals surface area contributed by atoms with Gasteiger partial charge in [-0.2, -0.15) is 0 Å². The maximum absolute atomic E-state index is 10.7. The molecular weight excluding hydrogens is 234 g/mol. The van der Waals surface area contributed by atoms with Crippen LogP contribution in [0.3, 0.4) is 0 Å². The van der Waals surface area contributed by atoms with Crippen LogP contribution in [0.2, 0.25) is 0 Å². The number of hydrogen-bond donors (Lipinski definition) is 0. The molecule has 0 aliphatic carbocycles. The van der Waals surface area contributed by atoms with E-state index in [0.29, 0.717) is 5.56 Å². The van der Waals surface area contributed by atoms with E-state index < -0.39 is 0 Å². The Morgan fingerprint density at radius 2 is 1.92 bits per heavy atom. The minimum atomic E-state index is -0.364. The maximum atomic E-state index is 10.7. The standard InChI is InChI=1S/C9H10BrNO2/c1-9(2,10)7-5-3-4-6-8(7)11(12)13/h3-6H,1-2H3. The number of nitrogens with zero attached hydrogens (tertiary/aromatic N) is 1. The van der Waals surface area contributed by atoms with E-state index in [2.05, 4.69) is 15.9 Å². The summed E-state index contributed by atoms with van der Waals surface area (Å²) < 4.78 is -0.364. The molecule has 0 aliphatic rings. The van der Waals surface area contributed by atoms with Crippen molar-refractivity contribution in [3.8, 4) is 0 Å². The molecule has 0 aromatic heterocycles. The van der Waals surface area contributed by atoms with E-state index in [1.54, 1.807) is 18.2 Å². The molecule has 0 saturated carbocycles. The average molecular weight is 244 g/mol. The smallest absolute Gasteiger partial charge is 0.258 e. The number of rotatable bonds is 2. The Balaban J connectivity index is 3.28. The summed E-state index contributed by atoms with van der Waals surface area (Å²) in [4.78, 5) is 10.3. The molecule has 13 heavy (non-hydrogen) atoms. The first-order valence-electron chi connectivity index (χ1n) is 3.86. The lowest BCUT2D eigenvalue weighted by atomic mass is 10.0. The van der Waals surface area contributed by atoms with Gasteiger partial charge in [-0.1, -0.05) is 34.1 Å². The molecule has 4 heteroatoms. The monoisotopic (exact) mass is 243 g/mol. The molecule has 0 N–H and O–H groups in total. The van der Waals surface area contributed by atoms with Gasteiger partial charge in [0.15, 0.2) is 0 Å². The molecule has 0 atom stereocenters. The molecule has 0 spiro atoms. The minimum absolute atomic E-state index is 0.157. The number of hydrogen-bond acceptors (Lipinski definition) is 2. The van der Waals surface area contributed by atoms with E-state index in [0.717, 1.165) is 0 Å². The van der Waals surface area contributed by atoms with Crippen molar-refractivity contribution < 1.29 is 4.92 Å². The molecule has 0 saturated heterocycles. The summed E-state index contributed by atoms with van der Waals surface area (Å²) in [6, 6.07) is 6.73. The van der Waals surface area contributed by atoms with Gasteiger partial charge in [0.05, 0.1) is 9.25 Å². The van der Waals surface area contributed by atoms with Crippen LogP contribution in [-0.4, -0.2) is 4.92 Å². The van der Waals surface area contributed by atoms with Gasteiger partial charge in [0.2, 0.25) is 0 Å². The quantitative estimate of drug-likeness (QED) is 0.455. The molecular formula is C9H10BrNO2. The van der Waals surface area contributed by atoms with Crippen LogP contribution >= 0.6 is 15.9 Å². The number of alkyl halides is 1. The zero-order valence-electron chi connectivity index (χ0n) is 7.45. The van der Waals surface area contributed by atoms with E-state index in [1.165, 1.54) is 6.07 Å². The van der Waals surface area contributed by atoms with Crippen LogP contribution in [0.15, 0.2) is 24.3 Å². The van der Waals surface area contributed by atoms with E-state index >= 15 is 0 Å². The number of nitro groups is 1. The van der Waals surface area contributed by atoms with Crippen molar-refractivity contribution in [3.05, 3.63) is 39.9 Å². The fraction of sp³-hybridized carbons (Fsp3) is 0.333. The summed E-state index contributed by atoms with van der Waals surface area (Å²) in [6.45, 7) is 3.77. The maximum Gasteiger partial charge on any atom is 0.273 e. The molecule has 0 amide bonds. The van der Waals surface area contributed by atoms with Crippen LogP contribution in [0.5, 0.6) is 0 Å². The lowest BCUT2D eigenvalue weighted by molar-refractivity contribution is -0.385. The summed E-state index contributed by atoms with van der Waals surface area (Å²) >= 11 is 3.40. The van der Waals surface area contributed by atoms with Gasteiger partial charge in [0.1, 0.15) is 0 Å². The molecule has 0 fully saturated rings. The average Bonchev–Trinajstić information content (AvgIpc) is 2.03. The predicted molar refractivity (Wildman–Crippen MR) is 55.0 cm³/mol. The van der Waals surface area contributed by atoms with Crippen LogP contribution in [0.4, 0.5) is 5.69 Å². The highest BCUT2D eigenvalue weighted by Gasteiger charge is 2.25. The van der Waals surface area contributed by atoms with E-state index in [4.69, 9.17) is 0 Å². The molecule has 0 bridgehead atoms. The van der Waals surface area contributed by atoms with Gasteiger partial charge in [-0.3, -0.25) is 10.1 Å². The zero-order chi connectivity index (χ0) is 10.1. The van der Waals surface area contributed by atoms with E-state index in [9.17, 15) is 10.1 Å². The van der Waals surface area contributed by atoms with Gasteiger partial charge in [-0.15, -0.1) is 0 Å². The Kier molecular flexibility index (Phi) is 2.71. The minimum Gasteiger partial charge on any atom is -0.258 e. The fourth-order valence-corrected chi connectivity index (χ4v) is 1.47. The Morgan fingerprint density at radius 3 is 2.31 bits per heavy atom. The number of halogens is 1. The van der Waals surface area contributed by atoms with Crippen molar-refractivity contribution in [1.29, 1.82) is 0 Å². The summed E-state index contributed by atoms with van der Waals surface area (Å²) in [5.74, 6) is 0. The number of benzene rings is 1. The van der Waals surface area contributed by atoms with E-state index in [1.807, 2.05) is 13.8 Å². The first-order valence-corrected chi connectivity index (χ1v) is 4.65. The predicted octanol–water partition coefficient (Wildman–Crippen LogP) is 3.22. The highest BCUT2D eigenvalue weighted by Crippen LogP contribution is 2.35. The molecule has 3 nitrogen and oxygen atoms in total. The molecule has 0 unspecified atom stereocenters. The van der Waals surface area contributed by atoms with Crippen LogP contribution < -0.4 is 0 Å². The third-order valence-electron chi connectivity index (χ3n) is 1.74. The number of para-hydroxylation sites is 1. The van der Waals surface area contributed by atoms with Crippen LogP contribution in [0, 0.1) is 10.1 Å². The Labute approximate surface area is 85.0 Å². The third-order valence-corrected chi connectivity index (χ3v) is 2.17. The number of nitro benzene ring substituents is 1. The highest BCUT2D eigenvalue weighted by molar-refractivity contribution is 9.09. The van der Waals surface area contributed by atoms with Gasteiger partial charge >= 0.3 is 0 Å². The Morgan fingerprint density at radius 1 is 1.38 bits per heavy atom. The lowest BCUT2D eigenvalue weighted by Crippen LogP contribution is -2.09. The molecule has 1 rings (SSSR count). The van der Waals surface area contributed by atoms with Gasteiger partial charge in [0, 0.05) is 11.6 Å². The van der Waals surface area contributed by atoms with Crippen LogP contribution in [0.25, 0.3) is 0 Å². The second kappa shape index (κ2) is 3.46. The second-order valence-corrected chi connectivity index (χ2v) is 5.23. The first kappa shape index (κ1) is 10.2. The van der Waals surface area contributed by atoms with Crippen molar-refractivity contribution in [2.75, 3.05) is 0 Å². The van der Waals surface area contributed by atoms with Gasteiger partial charge in [-0.05, 0) is 13.8 Å². The molecule has 0 radical (unpaired) electrons. The van der Waals surface area contributed by atoms with Crippen LogP contribution in [-0.2, 0) is 4.32 Å². The molecule has 1 aromatic carbocycles. The fourth-order valence-electron chi connectivity index (χ4n) is 1.14. The lowest BCUT2D eigenvalue weighted by Gasteiger charge is -2.15. The van der Waals surface area contributed by atoms with Crippen LogP contribution in [0.1, 0.15) is 19.4 Å². The van der Waals surface area contributed by atoms with Gasteiger partial charge in [0.25, 0.3) is 5.69 Å². The van der Waals surface area contributed by atoms with Crippen molar-refractivity contribution >= 4 is 21.6 Å². The zero-order valence-corrected chi connectivity index (χ0v) is 9.04. The van der Waals surface area contributed by atoms with Crippen molar-refractivity contribution in [2.45, 2.75) is 18.2 Å². The topological polar surface area (TPSA) is 43.1 Å². The van der Waals surface area contributed by atoms with Crippen molar-refractivity contribution in [3.63, 3.8) is 0 Å². The normalized spacial score (nSPS) is 11.3. The van der Waals surface area contributed by atoms with Gasteiger partial charge < -0.3 is 0 Å². The first-order chi connectivity index (χ1) is 5.93. The summed E-state index contributed by atoms with van der Waals surface area (Å²) in [7, 11) is 0. The largest absolute Gasteiger partial charge is 0.273 e. The highest BCUT2D eigenvalue weighted by atomic mass is 79.9. The van der Waals surface area contributed by atoms with E-state index in [-0.39, 0.29) is 14.9 Å². The van der Waals surface area contributed by atoms with Gasteiger partial charge in [-0.25, -0.2) is 0 Å². The second-order valence-electron chi connectivity index (χ2n) is 3.25. The summed E-state index contributed by atoms with van der Waals surface area (Å²) in [6.07, 6.45) is 0. The Hall–Kier alpha value is -0.900. The van der Waals surface area contributed by atoms with Crippen molar-refractivity contribution in [2.24, 2.45) is 0 Å². The SMILES string of the molecule is CC(C)(Br)c1ccccc1[N+](=O)[O-]. The van der Waals surface area contributed by atoms with Crippen molar-refractivity contribution in [1.82, 2.24) is 0 Å². The molecule has 0 aliphatic heterocycles. The Bertz CT molecular complexity index is 331.